The van der Waals surface area contributed by atoms with Crippen molar-refractivity contribution < 1.29 is 24.9 Å². The highest BCUT2D eigenvalue weighted by molar-refractivity contribution is 5.90. The first kappa shape index (κ1) is 17.8. The zero-order valence-corrected chi connectivity index (χ0v) is 15.0. The molecule has 4 N–H and O–H groups in total. The Kier molecular flexibility index (Phi) is 4.17. The number of fused-ring (bicyclic) bond motifs is 1. The number of carboxylic acid groups (broad SMARTS) is 1. The SMILES string of the molecule is COc1cc(N2Nc3cc(C(=O)O)ccc3[NH+]2[O-])c(O)c(C(C)(C)C)c1. The van der Waals surface area contributed by atoms with E-state index in [-0.39, 0.29) is 27.6 Å². The van der Waals surface area contributed by atoms with Gasteiger partial charge in [-0.05, 0) is 23.6 Å². The van der Waals surface area contributed by atoms with E-state index in [1.54, 1.807) is 12.1 Å². The van der Waals surface area contributed by atoms with Crippen LogP contribution in [0, 0.1) is 5.21 Å². The Labute approximate surface area is 150 Å². The highest BCUT2D eigenvalue weighted by atomic mass is 16.6. The molecule has 1 aliphatic heterocycles. The molecule has 138 valence electrons. The number of nitrogens with zero attached hydrogens (tertiary/aromatic N) is 1. The Balaban J connectivity index is 2.09. The Hall–Kier alpha value is -2.97. The molecule has 8 heteroatoms. The largest absolute Gasteiger partial charge is 0.601 e. The van der Waals surface area contributed by atoms with Gasteiger partial charge in [-0.3, -0.25) is 0 Å². The third-order valence-corrected chi connectivity index (χ3v) is 4.28. The molecule has 3 rings (SSSR count). The van der Waals surface area contributed by atoms with Gasteiger partial charge in [-0.1, -0.05) is 20.8 Å². The smallest absolute Gasteiger partial charge is 0.335 e. The average molecular weight is 359 g/mol. The molecule has 0 amide bonds. The van der Waals surface area contributed by atoms with Crippen LogP contribution in [0.25, 0.3) is 0 Å². The molecule has 0 aromatic heterocycles. The second kappa shape index (κ2) is 6.08. The average Bonchev–Trinajstić information content (AvgIpc) is 2.90. The summed E-state index contributed by atoms with van der Waals surface area (Å²) in [5.74, 6) is -0.621. The van der Waals surface area contributed by atoms with E-state index in [0.717, 1.165) is 0 Å². The number of hydrogen-bond donors (Lipinski definition) is 4. The third kappa shape index (κ3) is 2.89. The molecule has 2 aromatic carbocycles. The summed E-state index contributed by atoms with van der Waals surface area (Å²) in [6.45, 7) is 5.83. The molecule has 1 aliphatic rings. The van der Waals surface area contributed by atoms with Crippen molar-refractivity contribution in [3.05, 3.63) is 46.7 Å². The van der Waals surface area contributed by atoms with Crippen LogP contribution in [0.3, 0.4) is 0 Å². The normalized spacial score (nSPS) is 16.2. The summed E-state index contributed by atoms with van der Waals surface area (Å²) in [5, 5.41) is 33.4. The number of phenols is 1. The topological polar surface area (TPSA) is 110 Å². The van der Waals surface area contributed by atoms with Gasteiger partial charge in [-0.2, -0.15) is 0 Å². The van der Waals surface area contributed by atoms with Crippen LogP contribution >= 0.6 is 0 Å². The number of aromatic hydroxyl groups is 1. The molecule has 0 bridgehead atoms. The van der Waals surface area contributed by atoms with E-state index in [0.29, 0.717) is 22.7 Å². The second-order valence-corrected chi connectivity index (χ2v) is 7.11. The standard InChI is InChI=1S/C18H21N3O5/c1-18(2,3)12-8-11(26-4)9-15(16(12)22)20-19-13-7-10(17(23)24)5-6-14(13)21(20)25/h5-9,19,21-22H,1-4H3,(H,23,24). The van der Waals surface area contributed by atoms with Crippen molar-refractivity contribution in [2.75, 3.05) is 17.7 Å². The minimum Gasteiger partial charge on any atom is -0.601 e. The summed E-state index contributed by atoms with van der Waals surface area (Å²) < 4.78 is 5.31. The summed E-state index contributed by atoms with van der Waals surface area (Å²) in [6.07, 6.45) is 0. The van der Waals surface area contributed by atoms with Gasteiger partial charge < -0.3 is 20.2 Å². The van der Waals surface area contributed by atoms with Gasteiger partial charge in [0.1, 0.15) is 17.2 Å². The predicted molar refractivity (Wildman–Crippen MR) is 96.9 cm³/mol. The van der Waals surface area contributed by atoms with Crippen molar-refractivity contribution in [3.8, 4) is 11.5 Å². The lowest BCUT2D eigenvalue weighted by molar-refractivity contribution is -0.778. The van der Waals surface area contributed by atoms with Crippen LogP contribution in [0.5, 0.6) is 11.5 Å². The van der Waals surface area contributed by atoms with Crippen LogP contribution in [0.4, 0.5) is 17.1 Å². The maximum absolute atomic E-state index is 12.8. The highest BCUT2D eigenvalue weighted by Crippen LogP contribution is 2.41. The van der Waals surface area contributed by atoms with E-state index < -0.39 is 5.97 Å². The zero-order chi connectivity index (χ0) is 19.2. The molecule has 8 nitrogen and oxygen atoms in total. The van der Waals surface area contributed by atoms with E-state index in [1.165, 1.54) is 30.4 Å². The fourth-order valence-electron chi connectivity index (χ4n) is 2.87. The number of nitrogens with one attached hydrogen (secondary N) is 2. The number of hydrogen-bond acceptors (Lipinski definition) is 6. The fraction of sp³-hybridized carbons (Fsp3) is 0.278. The number of rotatable bonds is 3. The van der Waals surface area contributed by atoms with Crippen molar-refractivity contribution in [1.29, 1.82) is 0 Å². The van der Waals surface area contributed by atoms with Gasteiger partial charge in [0.05, 0.1) is 12.7 Å². The minimum absolute atomic E-state index is 0.0367. The molecule has 1 heterocycles. The monoisotopic (exact) mass is 359 g/mol. The van der Waals surface area contributed by atoms with Crippen molar-refractivity contribution in [3.63, 3.8) is 0 Å². The van der Waals surface area contributed by atoms with Crippen LogP contribution in [0.1, 0.15) is 36.7 Å². The molecule has 1 atom stereocenters. The van der Waals surface area contributed by atoms with Crippen LogP contribution < -0.4 is 20.5 Å². The molecule has 0 spiro atoms. The Bertz CT molecular complexity index is 876. The van der Waals surface area contributed by atoms with E-state index in [1.807, 2.05) is 20.8 Å². The van der Waals surface area contributed by atoms with Gasteiger partial charge >= 0.3 is 5.97 Å². The quantitative estimate of drug-likeness (QED) is 0.622. The Morgan fingerprint density at radius 3 is 2.54 bits per heavy atom. The van der Waals surface area contributed by atoms with Crippen molar-refractivity contribution in [2.45, 2.75) is 26.2 Å². The number of benzene rings is 2. The van der Waals surface area contributed by atoms with E-state index in [2.05, 4.69) is 5.43 Å². The van der Waals surface area contributed by atoms with Crippen LogP contribution in [-0.2, 0) is 5.41 Å². The number of phenolic OH excluding ortho intramolecular Hbond substituents is 1. The number of anilines is 2. The maximum Gasteiger partial charge on any atom is 0.335 e. The number of carbonyl (C=O) groups is 1. The molecule has 0 saturated heterocycles. The molecule has 0 radical (unpaired) electrons. The maximum atomic E-state index is 12.8. The lowest BCUT2D eigenvalue weighted by Crippen LogP contribution is -3.09. The second-order valence-electron chi connectivity index (χ2n) is 7.11. The number of carboxylic acids is 1. The molecule has 1 unspecified atom stereocenters. The molecular formula is C18H21N3O5. The van der Waals surface area contributed by atoms with E-state index in [4.69, 9.17) is 9.84 Å². The molecule has 0 fully saturated rings. The first-order valence-electron chi connectivity index (χ1n) is 8.03. The molecule has 2 aromatic rings. The Morgan fingerprint density at radius 2 is 1.96 bits per heavy atom. The highest BCUT2D eigenvalue weighted by Gasteiger charge is 2.33. The van der Waals surface area contributed by atoms with E-state index >= 15 is 0 Å². The minimum atomic E-state index is -1.08. The first-order chi connectivity index (χ1) is 12.1. The summed E-state index contributed by atoms with van der Waals surface area (Å²) in [5.41, 5.74) is 4.13. The summed E-state index contributed by atoms with van der Waals surface area (Å²) >= 11 is 0. The van der Waals surface area contributed by atoms with Crippen LogP contribution in [0.2, 0.25) is 0 Å². The molecule has 26 heavy (non-hydrogen) atoms. The lowest BCUT2D eigenvalue weighted by Gasteiger charge is -2.30. The molecular weight excluding hydrogens is 338 g/mol. The van der Waals surface area contributed by atoms with Crippen molar-refractivity contribution in [1.82, 2.24) is 0 Å². The number of quaternary nitrogens is 1. The number of ether oxygens (including phenoxy) is 1. The van der Waals surface area contributed by atoms with E-state index in [9.17, 15) is 15.1 Å². The van der Waals surface area contributed by atoms with Gasteiger partial charge in [0.25, 0.3) is 0 Å². The van der Waals surface area contributed by atoms with Gasteiger partial charge in [0.15, 0.2) is 11.4 Å². The van der Waals surface area contributed by atoms with Crippen molar-refractivity contribution in [2.24, 2.45) is 0 Å². The predicted octanol–water partition coefficient (Wildman–Crippen LogP) is 2.17. The van der Waals surface area contributed by atoms with Gasteiger partial charge in [0.2, 0.25) is 0 Å². The number of hydrazine groups is 1. The number of aromatic carboxylic acids is 1. The summed E-state index contributed by atoms with van der Waals surface area (Å²) in [7, 11) is 1.51. The van der Waals surface area contributed by atoms with Crippen molar-refractivity contribution >= 4 is 23.0 Å². The lowest BCUT2D eigenvalue weighted by atomic mass is 9.86. The van der Waals surface area contributed by atoms with Gasteiger partial charge in [0, 0.05) is 17.7 Å². The Morgan fingerprint density at radius 1 is 1.27 bits per heavy atom. The summed E-state index contributed by atoms with van der Waals surface area (Å²) in [4.78, 5) is 11.1. The zero-order valence-electron chi connectivity index (χ0n) is 15.0. The molecule has 0 saturated carbocycles. The molecule has 0 aliphatic carbocycles. The summed E-state index contributed by atoms with van der Waals surface area (Å²) in [6, 6.07) is 7.50. The van der Waals surface area contributed by atoms with Crippen LogP contribution in [0.15, 0.2) is 30.3 Å². The fourth-order valence-corrected chi connectivity index (χ4v) is 2.87. The third-order valence-electron chi connectivity index (χ3n) is 4.28. The number of methoxy groups -OCH3 is 1. The van der Waals surface area contributed by atoms with Gasteiger partial charge in [-0.25, -0.2) is 15.4 Å². The van der Waals surface area contributed by atoms with Crippen LogP contribution in [-0.4, -0.2) is 23.3 Å². The first-order valence-corrected chi connectivity index (χ1v) is 8.03. The van der Waals surface area contributed by atoms with Gasteiger partial charge in [-0.15, -0.1) is 5.12 Å².